The Labute approximate surface area is 102 Å². The zero-order valence-electron chi connectivity index (χ0n) is 8.89. The highest BCUT2D eigenvalue weighted by Crippen LogP contribution is 2.35. The SMILES string of the molecule is CC(OS(C)(=O)=O)c1cncnc1C(F)(F)Cl. The van der Waals surface area contributed by atoms with Crippen LogP contribution in [0.1, 0.15) is 24.3 Å². The zero-order valence-corrected chi connectivity index (χ0v) is 10.5. The van der Waals surface area contributed by atoms with E-state index in [9.17, 15) is 17.2 Å². The average molecular weight is 287 g/mol. The monoisotopic (exact) mass is 286 g/mol. The predicted octanol–water partition coefficient (Wildman–Crippen LogP) is 1.80. The number of alkyl halides is 3. The summed E-state index contributed by atoms with van der Waals surface area (Å²) < 4.78 is 52.3. The minimum Gasteiger partial charge on any atom is -0.262 e. The van der Waals surface area contributed by atoms with Gasteiger partial charge in [-0.1, -0.05) is 0 Å². The molecule has 0 N–H and O–H groups in total. The molecule has 1 heterocycles. The topological polar surface area (TPSA) is 69.2 Å². The van der Waals surface area contributed by atoms with Crippen molar-refractivity contribution in [1.29, 1.82) is 0 Å². The molecule has 9 heteroatoms. The van der Waals surface area contributed by atoms with Crippen LogP contribution in [0.4, 0.5) is 8.78 Å². The summed E-state index contributed by atoms with van der Waals surface area (Å²) >= 11 is 4.85. The first-order valence-electron chi connectivity index (χ1n) is 4.36. The number of hydrogen-bond donors (Lipinski definition) is 0. The van der Waals surface area contributed by atoms with Gasteiger partial charge in [0.15, 0.2) is 0 Å². The maximum atomic E-state index is 13.0. The van der Waals surface area contributed by atoms with Gasteiger partial charge in [0.25, 0.3) is 10.1 Å². The maximum absolute atomic E-state index is 13.0. The number of nitrogens with zero attached hydrogens (tertiary/aromatic N) is 2. The molecule has 0 amide bonds. The summed E-state index contributed by atoms with van der Waals surface area (Å²) in [6.45, 7) is 1.28. The van der Waals surface area contributed by atoms with Gasteiger partial charge in [0.05, 0.1) is 6.26 Å². The summed E-state index contributed by atoms with van der Waals surface area (Å²) in [5.74, 6) is 0. The summed E-state index contributed by atoms with van der Waals surface area (Å²) in [4.78, 5) is 6.87. The Balaban J connectivity index is 3.14. The molecular weight excluding hydrogens is 278 g/mol. The molecule has 0 aliphatic rings. The lowest BCUT2D eigenvalue weighted by molar-refractivity contribution is 0.0851. The van der Waals surface area contributed by atoms with Gasteiger partial charge < -0.3 is 0 Å². The Morgan fingerprint density at radius 1 is 1.53 bits per heavy atom. The molecule has 1 aromatic rings. The van der Waals surface area contributed by atoms with Gasteiger partial charge in [0, 0.05) is 11.8 Å². The molecule has 17 heavy (non-hydrogen) atoms. The summed E-state index contributed by atoms with van der Waals surface area (Å²) in [5, 5.41) is -3.71. The second-order valence-electron chi connectivity index (χ2n) is 3.27. The zero-order chi connectivity index (χ0) is 13.3. The second kappa shape index (κ2) is 4.79. The highest BCUT2D eigenvalue weighted by atomic mass is 35.5. The molecule has 96 valence electrons. The lowest BCUT2D eigenvalue weighted by Gasteiger charge is -2.16. The number of rotatable bonds is 4. The van der Waals surface area contributed by atoms with Gasteiger partial charge in [-0.3, -0.25) is 4.18 Å². The standard InChI is InChI=1S/C8H9ClF2N2O3S/c1-5(16-17(2,14)15)6-3-12-4-13-7(6)8(9,10)11/h3-5H,1-2H3. The van der Waals surface area contributed by atoms with E-state index in [1.165, 1.54) is 6.92 Å². The Kier molecular flexibility index (Phi) is 4.00. The van der Waals surface area contributed by atoms with Crippen molar-refractivity contribution in [3.05, 3.63) is 23.8 Å². The van der Waals surface area contributed by atoms with Gasteiger partial charge in [0.1, 0.15) is 18.1 Å². The van der Waals surface area contributed by atoms with Gasteiger partial charge in [0.2, 0.25) is 0 Å². The van der Waals surface area contributed by atoms with Crippen molar-refractivity contribution in [2.45, 2.75) is 18.4 Å². The molecule has 5 nitrogen and oxygen atoms in total. The smallest absolute Gasteiger partial charge is 0.262 e. The fourth-order valence-corrected chi connectivity index (χ4v) is 1.97. The molecule has 0 fully saturated rings. The van der Waals surface area contributed by atoms with Crippen molar-refractivity contribution in [3.63, 3.8) is 0 Å². The molecule has 0 saturated carbocycles. The maximum Gasteiger partial charge on any atom is 0.365 e. The van der Waals surface area contributed by atoms with Crippen molar-refractivity contribution >= 4 is 21.7 Å². The van der Waals surface area contributed by atoms with E-state index < -0.39 is 27.3 Å². The van der Waals surface area contributed by atoms with Crippen LogP contribution in [0.25, 0.3) is 0 Å². The molecule has 0 radical (unpaired) electrons. The summed E-state index contributed by atoms with van der Waals surface area (Å²) in [6, 6.07) is 0. The van der Waals surface area contributed by atoms with Crippen molar-refractivity contribution in [1.82, 2.24) is 9.97 Å². The minimum atomic E-state index is -3.78. The van der Waals surface area contributed by atoms with Crippen LogP contribution >= 0.6 is 11.6 Å². The number of halogens is 3. The van der Waals surface area contributed by atoms with Crippen LogP contribution in [0.15, 0.2) is 12.5 Å². The lowest BCUT2D eigenvalue weighted by Crippen LogP contribution is -2.16. The van der Waals surface area contributed by atoms with Crippen LogP contribution in [0.5, 0.6) is 0 Å². The molecule has 1 aromatic heterocycles. The van der Waals surface area contributed by atoms with E-state index in [0.29, 0.717) is 0 Å². The van der Waals surface area contributed by atoms with E-state index >= 15 is 0 Å². The molecule has 1 atom stereocenters. The van der Waals surface area contributed by atoms with Crippen LogP contribution in [-0.2, 0) is 19.7 Å². The van der Waals surface area contributed by atoms with Gasteiger partial charge in [-0.2, -0.15) is 17.2 Å². The molecule has 0 aromatic carbocycles. The molecule has 0 aliphatic carbocycles. The lowest BCUT2D eigenvalue weighted by atomic mass is 10.1. The molecule has 0 bridgehead atoms. The fourth-order valence-electron chi connectivity index (χ4n) is 1.19. The van der Waals surface area contributed by atoms with E-state index in [1.54, 1.807) is 0 Å². The van der Waals surface area contributed by atoms with Crippen molar-refractivity contribution in [3.8, 4) is 0 Å². The minimum absolute atomic E-state index is 0.182. The van der Waals surface area contributed by atoms with E-state index in [-0.39, 0.29) is 5.56 Å². The van der Waals surface area contributed by atoms with Crippen LogP contribution in [0.3, 0.4) is 0 Å². The van der Waals surface area contributed by atoms with Gasteiger partial charge >= 0.3 is 5.38 Å². The largest absolute Gasteiger partial charge is 0.365 e. The molecular formula is C8H9ClF2N2O3S. The highest BCUT2D eigenvalue weighted by molar-refractivity contribution is 7.86. The first-order valence-corrected chi connectivity index (χ1v) is 6.56. The van der Waals surface area contributed by atoms with Crippen LogP contribution in [0, 0.1) is 0 Å². The van der Waals surface area contributed by atoms with Crippen molar-refractivity contribution < 1.29 is 21.4 Å². The van der Waals surface area contributed by atoms with Gasteiger partial charge in [-0.25, -0.2) is 9.97 Å². The average Bonchev–Trinajstić information content (AvgIpc) is 2.13. The van der Waals surface area contributed by atoms with Crippen molar-refractivity contribution in [2.75, 3.05) is 6.26 Å². The summed E-state index contributed by atoms with van der Waals surface area (Å²) in [6.07, 6.45) is 1.59. The Morgan fingerprint density at radius 2 is 2.12 bits per heavy atom. The number of aromatic nitrogens is 2. The third-order valence-corrected chi connectivity index (χ3v) is 2.58. The molecule has 1 rings (SSSR count). The van der Waals surface area contributed by atoms with Gasteiger partial charge in [-0.05, 0) is 18.5 Å². The molecule has 1 unspecified atom stereocenters. The van der Waals surface area contributed by atoms with Crippen molar-refractivity contribution in [2.24, 2.45) is 0 Å². The second-order valence-corrected chi connectivity index (χ2v) is 5.34. The van der Waals surface area contributed by atoms with Crippen LogP contribution < -0.4 is 0 Å². The Bertz CT molecular complexity index is 504. The van der Waals surface area contributed by atoms with E-state index in [2.05, 4.69) is 14.2 Å². The number of hydrogen-bond acceptors (Lipinski definition) is 5. The summed E-state index contributed by atoms with van der Waals surface area (Å²) in [5.41, 5.74) is -0.955. The predicted molar refractivity (Wildman–Crippen MR) is 56.1 cm³/mol. The molecule has 0 saturated heterocycles. The first kappa shape index (κ1) is 14.2. The quantitative estimate of drug-likeness (QED) is 0.623. The van der Waals surface area contributed by atoms with E-state index in [0.717, 1.165) is 18.8 Å². The van der Waals surface area contributed by atoms with E-state index in [1.807, 2.05) is 0 Å². The first-order chi connectivity index (χ1) is 7.61. The third-order valence-electron chi connectivity index (χ3n) is 1.77. The van der Waals surface area contributed by atoms with E-state index in [4.69, 9.17) is 11.6 Å². The third kappa shape index (κ3) is 4.14. The fraction of sp³-hybridized carbons (Fsp3) is 0.500. The Morgan fingerprint density at radius 3 is 2.59 bits per heavy atom. The molecule has 0 spiro atoms. The highest BCUT2D eigenvalue weighted by Gasteiger charge is 2.35. The van der Waals surface area contributed by atoms with Gasteiger partial charge in [-0.15, -0.1) is 0 Å². The Hall–Kier alpha value is -0.860. The summed E-state index contributed by atoms with van der Waals surface area (Å²) in [7, 11) is -3.78. The van der Waals surface area contributed by atoms with Crippen LogP contribution in [-0.4, -0.2) is 24.6 Å². The molecule has 0 aliphatic heterocycles. The normalized spacial score (nSPS) is 14.6. The van der Waals surface area contributed by atoms with Crippen LogP contribution in [0.2, 0.25) is 0 Å².